The van der Waals surface area contributed by atoms with Crippen LogP contribution in [0.2, 0.25) is 0 Å². The Balaban J connectivity index is 1.85. The molecule has 1 saturated heterocycles. The molecule has 0 aliphatic carbocycles. The molecule has 0 aromatic heterocycles. The van der Waals surface area contributed by atoms with Gasteiger partial charge in [0.25, 0.3) is 5.91 Å². The first-order valence-electron chi connectivity index (χ1n) is 8.30. The number of ether oxygens (including phenoxy) is 1. The van der Waals surface area contributed by atoms with Crippen molar-refractivity contribution in [2.24, 2.45) is 5.92 Å². The van der Waals surface area contributed by atoms with Crippen LogP contribution >= 0.6 is 0 Å². The van der Waals surface area contributed by atoms with Crippen molar-refractivity contribution < 1.29 is 19.1 Å². The van der Waals surface area contributed by atoms with Crippen LogP contribution < -0.4 is 5.32 Å². The van der Waals surface area contributed by atoms with Crippen molar-refractivity contribution in [3.63, 3.8) is 0 Å². The first kappa shape index (κ1) is 18.0. The van der Waals surface area contributed by atoms with Crippen molar-refractivity contribution in [3.8, 4) is 0 Å². The van der Waals surface area contributed by atoms with E-state index in [1.54, 1.807) is 30.0 Å². The SMILES string of the molecule is CCOC(=O)C1CCCN(C(=O)CNC(=O)c2cccc(C)c2)C1. The van der Waals surface area contributed by atoms with Crippen LogP contribution in [0.5, 0.6) is 0 Å². The van der Waals surface area contributed by atoms with Crippen molar-refractivity contribution in [2.45, 2.75) is 26.7 Å². The third-order valence-corrected chi connectivity index (χ3v) is 4.07. The van der Waals surface area contributed by atoms with Crippen molar-refractivity contribution in [1.29, 1.82) is 0 Å². The number of likely N-dealkylation sites (tertiary alicyclic amines) is 1. The lowest BCUT2D eigenvalue weighted by molar-refractivity contribution is -0.151. The lowest BCUT2D eigenvalue weighted by Crippen LogP contribution is -2.46. The van der Waals surface area contributed by atoms with Crippen molar-refractivity contribution in [1.82, 2.24) is 10.2 Å². The minimum Gasteiger partial charge on any atom is -0.466 e. The molecule has 1 aliphatic heterocycles. The van der Waals surface area contributed by atoms with E-state index in [1.807, 2.05) is 13.0 Å². The van der Waals surface area contributed by atoms with Crippen LogP contribution in [-0.2, 0) is 14.3 Å². The molecule has 0 radical (unpaired) electrons. The molecule has 2 amide bonds. The Morgan fingerprint density at radius 1 is 1.33 bits per heavy atom. The highest BCUT2D eigenvalue weighted by Crippen LogP contribution is 2.18. The summed E-state index contributed by atoms with van der Waals surface area (Å²) >= 11 is 0. The molecule has 1 N–H and O–H groups in total. The molecule has 6 heteroatoms. The van der Waals surface area contributed by atoms with Gasteiger partial charge in [-0.2, -0.15) is 0 Å². The maximum absolute atomic E-state index is 12.3. The van der Waals surface area contributed by atoms with E-state index in [-0.39, 0.29) is 30.2 Å². The van der Waals surface area contributed by atoms with Gasteiger partial charge in [0.15, 0.2) is 0 Å². The molecule has 1 aromatic rings. The molecule has 1 fully saturated rings. The highest BCUT2D eigenvalue weighted by molar-refractivity contribution is 5.96. The predicted octanol–water partition coefficient (Wildman–Crippen LogP) is 1.53. The molecule has 0 spiro atoms. The van der Waals surface area contributed by atoms with E-state index in [9.17, 15) is 14.4 Å². The Morgan fingerprint density at radius 2 is 2.12 bits per heavy atom. The third kappa shape index (κ3) is 4.81. The number of carbonyl (C=O) groups excluding carboxylic acids is 3. The number of benzene rings is 1. The number of aryl methyl sites for hydroxylation is 1. The summed E-state index contributed by atoms with van der Waals surface area (Å²) in [6.07, 6.45) is 1.50. The van der Waals surface area contributed by atoms with E-state index in [0.29, 0.717) is 25.3 Å². The standard InChI is InChI=1S/C18H24N2O4/c1-3-24-18(23)15-8-5-9-20(12-15)16(21)11-19-17(22)14-7-4-6-13(2)10-14/h4,6-7,10,15H,3,5,8-9,11-12H2,1-2H3,(H,19,22). The molecule has 0 saturated carbocycles. The molecule has 1 aromatic carbocycles. The van der Waals surface area contributed by atoms with E-state index in [2.05, 4.69) is 5.32 Å². The van der Waals surface area contributed by atoms with E-state index in [4.69, 9.17) is 4.74 Å². The second kappa shape index (κ2) is 8.47. The molecular formula is C18H24N2O4. The molecule has 0 bridgehead atoms. The van der Waals surface area contributed by atoms with Crippen LogP contribution in [0.3, 0.4) is 0 Å². The van der Waals surface area contributed by atoms with Crippen molar-refractivity contribution in [3.05, 3.63) is 35.4 Å². The molecule has 1 atom stereocenters. The maximum atomic E-state index is 12.3. The predicted molar refractivity (Wildman–Crippen MR) is 89.4 cm³/mol. The van der Waals surface area contributed by atoms with Gasteiger partial charge < -0.3 is 15.0 Å². The van der Waals surface area contributed by atoms with Gasteiger partial charge in [0.05, 0.1) is 19.1 Å². The lowest BCUT2D eigenvalue weighted by atomic mass is 9.98. The van der Waals surface area contributed by atoms with Gasteiger partial charge in [-0.05, 0) is 38.8 Å². The molecular weight excluding hydrogens is 308 g/mol. The highest BCUT2D eigenvalue weighted by atomic mass is 16.5. The summed E-state index contributed by atoms with van der Waals surface area (Å²) in [5, 5.41) is 2.65. The van der Waals surface area contributed by atoms with E-state index < -0.39 is 0 Å². The minimum absolute atomic E-state index is 0.0671. The third-order valence-electron chi connectivity index (χ3n) is 4.07. The molecule has 1 unspecified atom stereocenters. The van der Waals surface area contributed by atoms with Gasteiger partial charge >= 0.3 is 5.97 Å². The Bertz CT molecular complexity index is 615. The second-order valence-corrected chi connectivity index (χ2v) is 5.98. The van der Waals surface area contributed by atoms with Gasteiger partial charge in [-0.15, -0.1) is 0 Å². The number of hydrogen-bond acceptors (Lipinski definition) is 4. The monoisotopic (exact) mass is 332 g/mol. The summed E-state index contributed by atoms with van der Waals surface area (Å²) in [7, 11) is 0. The Kier molecular flexibility index (Phi) is 6.35. The molecule has 6 nitrogen and oxygen atoms in total. The van der Waals surface area contributed by atoms with Gasteiger partial charge in [-0.1, -0.05) is 17.7 Å². The molecule has 2 rings (SSSR count). The fraction of sp³-hybridized carbons (Fsp3) is 0.500. The Morgan fingerprint density at radius 3 is 2.83 bits per heavy atom. The second-order valence-electron chi connectivity index (χ2n) is 5.98. The van der Waals surface area contributed by atoms with Crippen LogP contribution in [0, 0.1) is 12.8 Å². The number of esters is 1. The van der Waals surface area contributed by atoms with Crippen LogP contribution in [0.1, 0.15) is 35.7 Å². The normalized spacial score (nSPS) is 17.2. The summed E-state index contributed by atoms with van der Waals surface area (Å²) in [5.74, 6) is -0.968. The number of amides is 2. The number of hydrogen-bond donors (Lipinski definition) is 1. The Hall–Kier alpha value is -2.37. The zero-order valence-electron chi connectivity index (χ0n) is 14.2. The number of piperidine rings is 1. The largest absolute Gasteiger partial charge is 0.466 e. The van der Waals surface area contributed by atoms with Crippen LogP contribution in [0.25, 0.3) is 0 Å². The fourth-order valence-electron chi connectivity index (χ4n) is 2.81. The first-order valence-corrected chi connectivity index (χ1v) is 8.30. The number of rotatable bonds is 5. The lowest BCUT2D eigenvalue weighted by Gasteiger charge is -2.31. The summed E-state index contributed by atoms with van der Waals surface area (Å²) in [6, 6.07) is 7.20. The summed E-state index contributed by atoms with van der Waals surface area (Å²) in [6.45, 7) is 4.92. The van der Waals surface area contributed by atoms with Gasteiger partial charge in [0.2, 0.25) is 5.91 Å². The zero-order valence-corrected chi connectivity index (χ0v) is 14.2. The van der Waals surface area contributed by atoms with Crippen LogP contribution in [0.4, 0.5) is 0 Å². The average Bonchev–Trinajstić information content (AvgIpc) is 2.59. The molecule has 1 aliphatic rings. The van der Waals surface area contributed by atoms with Crippen molar-refractivity contribution in [2.75, 3.05) is 26.2 Å². The van der Waals surface area contributed by atoms with Crippen LogP contribution in [0.15, 0.2) is 24.3 Å². The Labute approximate surface area is 142 Å². The van der Waals surface area contributed by atoms with E-state index >= 15 is 0 Å². The smallest absolute Gasteiger partial charge is 0.310 e. The molecule has 130 valence electrons. The summed E-state index contributed by atoms with van der Waals surface area (Å²) < 4.78 is 5.03. The topological polar surface area (TPSA) is 75.7 Å². The van der Waals surface area contributed by atoms with E-state index in [0.717, 1.165) is 18.4 Å². The first-order chi connectivity index (χ1) is 11.5. The van der Waals surface area contributed by atoms with Gasteiger partial charge in [-0.25, -0.2) is 0 Å². The van der Waals surface area contributed by atoms with Gasteiger partial charge in [0, 0.05) is 18.7 Å². The highest BCUT2D eigenvalue weighted by Gasteiger charge is 2.29. The maximum Gasteiger partial charge on any atom is 0.310 e. The minimum atomic E-state index is -0.272. The number of nitrogens with one attached hydrogen (secondary N) is 1. The van der Waals surface area contributed by atoms with Crippen LogP contribution in [-0.4, -0.2) is 48.9 Å². The zero-order chi connectivity index (χ0) is 17.5. The fourth-order valence-corrected chi connectivity index (χ4v) is 2.81. The summed E-state index contributed by atoms with van der Waals surface area (Å²) in [4.78, 5) is 37.8. The van der Waals surface area contributed by atoms with E-state index in [1.165, 1.54) is 0 Å². The summed E-state index contributed by atoms with van der Waals surface area (Å²) in [5.41, 5.74) is 1.52. The average molecular weight is 332 g/mol. The van der Waals surface area contributed by atoms with Crippen molar-refractivity contribution >= 4 is 17.8 Å². The van der Waals surface area contributed by atoms with Gasteiger partial charge in [0.1, 0.15) is 0 Å². The molecule has 24 heavy (non-hydrogen) atoms. The van der Waals surface area contributed by atoms with Gasteiger partial charge in [-0.3, -0.25) is 14.4 Å². The molecule has 1 heterocycles. The quantitative estimate of drug-likeness (QED) is 0.830. The number of carbonyl (C=O) groups is 3. The number of nitrogens with zero attached hydrogens (tertiary/aromatic N) is 1.